The predicted octanol–water partition coefficient (Wildman–Crippen LogP) is 2.35. The lowest BCUT2D eigenvalue weighted by Gasteiger charge is -2.26. The van der Waals surface area contributed by atoms with E-state index in [0.717, 1.165) is 18.7 Å². The summed E-state index contributed by atoms with van der Waals surface area (Å²) in [5.41, 5.74) is 0.932. The third-order valence-electron chi connectivity index (χ3n) is 3.67. The summed E-state index contributed by atoms with van der Waals surface area (Å²) in [4.78, 5) is 26.7. The van der Waals surface area contributed by atoms with Crippen molar-refractivity contribution >= 4 is 30.2 Å². The largest absolute Gasteiger partial charge is 0.462 e. The van der Waals surface area contributed by atoms with E-state index >= 15 is 0 Å². The molecule has 0 N–H and O–H groups in total. The van der Waals surface area contributed by atoms with Gasteiger partial charge in [-0.1, -0.05) is 30.3 Å². The lowest BCUT2D eigenvalue weighted by molar-refractivity contribution is -0.139. The summed E-state index contributed by atoms with van der Waals surface area (Å²) in [6.45, 7) is 5.65. The Bertz CT molecular complexity index is 553. The molecule has 132 valence electrons. The fourth-order valence-electron chi connectivity index (χ4n) is 2.40. The van der Waals surface area contributed by atoms with E-state index in [0.29, 0.717) is 26.2 Å². The minimum atomic E-state index is -0.552. The third-order valence-corrected chi connectivity index (χ3v) is 3.67. The molecule has 1 fully saturated rings. The number of ether oxygens (including phenoxy) is 2. The van der Waals surface area contributed by atoms with Crippen LogP contribution in [0.4, 0.5) is 0 Å². The number of Topliss-reactive ketones (excluding diaryl/α,β-unsaturated/α-hetero) is 1. The van der Waals surface area contributed by atoms with Gasteiger partial charge < -0.3 is 9.47 Å². The van der Waals surface area contributed by atoms with Gasteiger partial charge in [-0.3, -0.25) is 9.69 Å². The maximum Gasteiger partial charge on any atom is 0.341 e. The lowest BCUT2D eigenvalue weighted by atomic mass is 10.0. The van der Waals surface area contributed by atoms with Crippen LogP contribution in [0.3, 0.4) is 0 Å². The molecule has 6 heteroatoms. The molecular weight excluding hydrogens is 330 g/mol. The minimum absolute atomic E-state index is 0. The average molecular weight is 354 g/mol. The minimum Gasteiger partial charge on any atom is -0.462 e. The Hall–Kier alpha value is -1.69. The maximum atomic E-state index is 12.5. The Morgan fingerprint density at radius 2 is 1.88 bits per heavy atom. The number of carbonyl (C=O) groups excluding carboxylic acids is 2. The molecule has 24 heavy (non-hydrogen) atoms. The van der Waals surface area contributed by atoms with Gasteiger partial charge in [0, 0.05) is 26.1 Å². The second kappa shape index (κ2) is 11.0. The first-order valence-electron chi connectivity index (χ1n) is 7.98. The summed E-state index contributed by atoms with van der Waals surface area (Å²) < 4.78 is 10.3. The van der Waals surface area contributed by atoms with Crippen molar-refractivity contribution < 1.29 is 19.1 Å². The third kappa shape index (κ3) is 6.43. The fourth-order valence-corrected chi connectivity index (χ4v) is 2.40. The first kappa shape index (κ1) is 20.4. The van der Waals surface area contributed by atoms with Gasteiger partial charge in [0.05, 0.1) is 19.8 Å². The van der Waals surface area contributed by atoms with Crippen molar-refractivity contribution in [2.45, 2.75) is 13.3 Å². The molecule has 0 aromatic heterocycles. The summed E-state index contributed by atoms with van der Waals surface area (Å²) in [5.74, 6) is -0.734. The fraction of sp³-hybridized carbons (Fsp3) is 0.444. The van der Waals surface area contributed by atoms with Crippen molar-refractivity contribution in [2.24, 2.45) is 0 Å². The Morgan fingerprint density at radius 1 is 1.21 bits per heavy atom. The molecular formula is C18H24ClNO4. The standard InChI is InChI=1S/C18H23NO4.ClH/c1-2-23-18(21)16(14-15-6-4-3-5-7-15)17(20)8-9-19-10-12-22-13-11-19;/h3-7,14H,2,8-13H2,1H3;1H/b16-14+;. The number of esters is 1. The molecule has 0 unspecified atom stereocenters. The smallest absolute Gasteiger partial charge is 0.341 e. The average Bonchev–Trinajstić information content (AvgIpc) is 2.59. The van der Waals surface area contributed by atoms with Crippen LogP contribution in [0.2, 0.25) is 0 Å². The van der Waals surface area contributed by atoms with E-state index in [9.17, 15) is 9.59 Å². The second-order valence-corrected chi connectivity index (χ2v) is 5.32. The molecule has 0 bridgehead atoms. The summed E-state index contributed by atoms with van der Waals surface area (Å²) in [6, 6.07) is 9.34. The van der Waals surface area contributed by atoms with Crippen LogP contribution in [0.15, 0.2) is 35.9 Å². The second-order valence-electron chi connectivity index (χ2n) is 5.32. The van der Waals surface area contributed by atoms with E-state index < -0.39 is 5.97 Å². The highest BCUT2D eigenvalue weighted by Crippen LogP contribution is 2.12. The zero-order chi connectivity index (χ0) is 16.5. The van der Waals surface area contributed by atoms with Crippen molar-refractivity contribution in [3.05, 3.63) is 41.5 Å². The Kier molecular flexibility index (Phi) is 9.30. The topological polar surface area (TPSA) is 55.8 Å². The number of benzene rings is 1. The van der Waals surface area contributed by atoms with Crippen LogP contribution in [-0.4, -0.2) is 56.1 Å². The van der Waals surface area contributed by atoms with Crippen LogP contribution in [0, 0.1) is 0 Å². The lowest BCUT2D eigenvalue weighted by Crippen LogP contribution is -2.37. The van der Waals surface area contributed by atoms with Crippen LogP contribution in [0.5, 0.6) is 0 Å². The zero-order valence-electron chi connectivity index (χ0n) is 13.9. The van der Waals surface area contributed by atoms with Gasteiger partial charge in [-0.05, 0) is 18.6 Å². The van der Waals surface area contributed by atoms with Crippen molar-refractivity contribution in [2.75, 3.05) is 39.5 Å². The molecule has 1 aromatic carbocycles. The van der Waals surface area contributed by atoms with Crippen molar-refractivity contribution in [3.8, 4) is 0 Å². The molecule has 0 amide bonds. The van der Waals surface area contributed by atoms with E-state index in [1.807, 2.05) is 30.3 Å². The molecule has 2 rings (SSSR count). The van der Waals surface area contributed by atoms with E-state index in [2.05, 4.69) is 4.90 Å². The van der Waals surface area contributed by atoms with Crippen LogP contribution in [-0.2, 0) is 19.1 Å². The maximum absolute atomic E-state index is 12.5. The molecule has 0 spiro atoms. The first-order valence-corrected chi connectivity index (χ1v) is 7.98. The summed E-state index contributed by atoms with van der Waals surface area (Å²) in [6.07, 6.45) is 1.91. The highest BCUT2D eigenvalue weighted by Gasteiger charge is 2.21. The predicted molar refractivity (Wildman–Crippen MR) is 95.2 cm³/mol. The van der Waals surface area contributed by atoms with Gasteiger partial charge in [0.1, 0.15) is 5.57 Å². The van der Waals surface area contributed by atoms with E-state index in [1.165, 1.54) is 0 Å². The van der Waals surface area contributed by atoms with Gasteiger partial charge in [0.25, 0.3) is 0 Å². The molecule has 1 aliphatic rings. The number of hydrogen-bond donors (Lipinski definition) is 0. The highest BCUT2D eigenvalue weighted by atomic mass is 35.5. The monoisotopic (exact) mass is 353 g/mol. The van der Waals surface area contributed by atoms with E-state index in [-0.39, 0.29) is 30.4 Å². The highest BCUT2D eigenvalue weighted by molar-refractivity contribution is 6.20. The van der Waals surface area contributed by atoms with Crippen LogP contribution in [0.1, 0.15) is 18.9 Å². The van der Waals surface area contributed by atoms with E-state index in [1.54, 1.807) is 13.0 Å². The molecule has 0 atom stereocenters. The molecule has 1 aliphatic heterocycles. The van der Waals surface area contributed by atoms with Gasteiger partial charge in [-0.15, -0.1) is 12.4 Å². The van der Waals surface area contributed by atoms with Crippen molar-refractivity contribution in [1.29, 1.82) is 0 Å². The molecule has 0 aliphatic carbocycles. The van der Waals surface area contributed by atoms with Crippen LogP contribution >= 0.6 is 12.4 Å². The SMILES string of the molecule is CCOC(=O)/C(=C/c1ccccc1)C(=O)CCN1CCOCC1.Cl. The van der Waals surface area contributed by atoms with Crippen LogP contribution in [0.25, 0.3) is 6.08 Å². The number of ketones is 1. The van der Waals surface area contributed by atoms with Gasteiger partial charge in [-0.25, -0.2) is 4.79 Å². The van der Waals surface area contributed by atoms with Gasteiger partial charge >= 0.3 is 5.97 Å². The number of rotatable bonds is 7. The quantitative estimate of drug-likeness (QED) is 0.326. The molecule has 5 nitrogen and oxygen atoms in total. The zero-order valence-corrected chi connectivity index (χ0v) is 14.7. The molecule has 1 saturated heterocycles. The van der Waals surface area contributed by atoms with Crippen LogP contribution < -0.4 is 0 Å². The first-order chi connectivity index (χ1) is 11.2. The number of carbonyl (C=O) groups is 2. The molecule has 0 saturated carbocycles. The number of morpholine rings is 1. The molecule has 0 radical (unpaired) electrons. The Morgan fingerprint density at radius 3 is 2.50 bits per heavy atom. The summed E-state index contributed by atoms with van der Waals surface area (Å²) in [7, 11) is 0. The van der Waals surface area contributed by atoms with Gasteiger partial charge in [0.2, 0.25) is 0 Å². The Balaban J connectivity index is 0.00000288. The normalized spacial score (nSPS) is 15.5. The van der Waals surface area contributed by atoms with Crippen molar-refractivity contribution in [1.82, 2.24) is 4.90 Å². The number of halogens is 1. The van der Waals surface area contributed by atoms with Crippen molar-refractivity contribution in [3.63, 3.8) is 0 Å². The summed E-state index contributed by atoms with van der Waals surface area (Å²) in [5, 5.41) is 0. The van der Waals surface area contributed by atoms with Gasteiger partial charge in [0.15, 0.2) is 5.78 Å². The van der Waals surface area contributed by atoms with Gasteiger partial charge in [-0.2, -0.15) is 0 Å². The number of nitrogens with zero attached hydrogens (tertiary/aromatic N) is 1. The number of hydrogen-bond acceptors (Lipinski definition) is 5. The summed E-state index contributed by atoms with van der Waals surface area (Å²) >= 11 is 0. The van der Waals surface area contributed by atoms with E-state index in [4.69, 9.17) is 9.47 Å². The molecule has 1 heterocycles. The molecule has 1 aromatic rings. The Labute approximate surface area is 149 Å².